The molecule has 0 spiro atoms. The molecular formula is C10H10BrClOS. The lowest BCUT2D eigenvalue weighted by molar-refractivity contribution is -0.116. The SMILES string of the molecule is CSc1ccc(C(Br)C(C)=O)cc1Cl. The number of hydrogen-bond donors (Lipinski definition) is 0. The molecule has 76 valence electrons. The fraction of sp³-hybridized carbons (Fsp3) is 0.300. The van der Waals surface area contributed by atoms with Crippen molar-refractivity contribution in [1.82, 2.24) is 0 Å². The van der Waals surface area contributed by atoms with E-state index in [9.17, 15) is 4.79 Å². The first-order valence-corrected chi connectivity index (χ1v) is 6.56. The van der Waals surface area contributed by atoms with Gasteiger partial charge in [0.15, 0.2) is 0 Å². The molecule has 0 heterocycles. The third-order valence-electron chi connectivity index (χ3n) is 1.83. The Morgan fingerprint density at radius 3 is 2.64 bits per heavy atom. The topological polar surface area (TPSA) is 17.1 Å². The van der Waals surface area contributed by atoms with E-state index >= 15 is 0 Å². The van der Waals surface area contributed by atoms with Crippen LogP contribution in [0.25, 0.3) is 0 Å². The maximum atomic E-state index is 11.1. The minimum atomic E-state index is -0.254. The van der Waals surface area contributed by atoms with Crippen molar-refractivity contribution in [2.45, 2.75) is 16.6 Å². The highest BCUT2D eigenvalue weighted by molar-refractivity contribution is 9.09. The van der Waals surface area contributed by atoms with E-state index in [4.69, 9.17) is 11.6 Å². The summed E-state index contributed by atoms with van der Waals surface area (Å²) in [6.45, 7) is 1.55. The van der Waals surface area contributed by atoms with Gasteiger partial charge in [-0.25, -0.2) is 0 Å². The lowest BCUT2D eigenvalue weighted by Crippen LogP contribution is -2.00. The van der Waals surface area contributed by atoms with Crippen molar-refractivity contribution in [3.8, 4) is 0 Å². The van der Waals surface area contributed by atoms with E-state index < -0.39 is 0 Å². The molecule has 0 N–H and O–H groups in total. The predicted octanol–water partition coefficient (Wildman–Crippen LogP) is 4.09. The van der Waals surface area contributed by atoms with Crippen LogP contribution in [0.15, 0.2) is 23.1 Å². The standard InChI is InChI=1S/C10H10BrClOS/c1-6(13)10(11)7-3-4-9(14-2)8(12)5-7/h3-5,10H,1-2H3. The molecule has 0 saturated heterocycles. The largest absolute Gasteiger partial charge is 0.298 e. The number of hydrogen-bond acceptors (Lipinski definition) is 2. The number of halogens is 2. The molecule has 4 heteroatoms. The molecular weight excluding hydrogens is 284 g/mol. The second-order valence-corrected chi connectivity index (χ2v) is 5.04. The highest BCUT2D eigenvalue weighted by Gasteiger charge is 2.13. The summed E-state index contributed by atoms with van der Waals surface area (Å²) in [7, 11) is 0. The first-order chi connectivity index (χ1) is 6.56. The van der Waals surface area contributed by atoms with E-state index in [0.29, 0.717) is 5.02 Å². The van der Waals surface area contributed by atoms with Gasteiger partial charge in [-0.15, -0.1) is 11.8 Å². The Bertz CT molecular complexity index is 354. The summed E-state index contributed by atoms with van der Waals surface area (Å²) >= 11 is 10.9. The molecule has 0 aliphatic carbocycles. The molecule has 1 atom stereocenters. The number of alkyl halides is 1. The molecule has 0 amide bonds. The van der Waals surface area contributed by atoms with Crippen LogP contribution in [0.3, 0.4) is 0 Å². The molecule has 1 aromatic rings. The smallest absolute Gasteiger partial charge is 0.147 e. The lowest BCUT2D eigenvalue weighted by atomic mass is 10.1. The van der Waals surface area contributed by atoms with Crippen LogP contribution >= 0.6 is 39.3 Å². The Balaban J connectivity index is 3.02. The number of Topliss-reactive ketones (excluding diaryl/α,β-unsaturated/α-hetero) is 1. The molecule has 0 aliphatic heterocycles. The van der Waals surface area contributed by atoms with Crippen molar-refractivity contribution in [3.63, 3.8) is 0 Å². The molecule has 14 heavy (non-hydrogen) atoms. The summed E-state index contributed by atoms with van der Waals surface area (Å²) in [6, 6.07) is 5.67. The van der Waals surface area contributed by atoms with Gasteiger partial charge >= 0.3 is 0 Å². The summed E-state index contributed by atoms with van der Waals surface area (Å²) in [5.41, 5.74) is 0.903. The predicted molar refractivity (Wildman–Crippen MR) is 65.6 cm³/mol. The van der Waals surface area contributed by atoms with Gasteiger partial charge in [-0.3, -0.25) is 4.79 Å². The van der Waals surface area contributed by atoms with Gasteiger partial charge in [0.2, 0.25) is 0 Å². The van der Waals surface area contributed by atoms with Gasteiger partial charge in [-0.1, -0.05) is 33.6 Å². The summed E-state index contributed by atoms with van der Waals surface area (Å²) in [5, 5.41) is 0.695. The summed E-state index contributed by atoms with van der Waals surface area (Å²) in [6.07, 6.45) is 1.97. The Labute approximate surface area is 101 Å². The molecule has 0 aromatic heterocycles. The molecule has 1 rings (SSSR count). The maximum absolute atomic E-state index is 11.1. The number of carbonyl (C=O) groups excluding carboxylic acids is 1. The van der Waals surface area contributed by atoms with Crippen LogP contribution in [-0.2, 0) is 4.79 Å². The zero-order valence-corrected chi connectivity index (χ0v) is 11.0. The fourth-order valence-electron chi connectivity index (χ4n) is 1.07. The number of thioether (sulfide) groups is 1. The molecule has 0 bridgehead atoms. The van der Waals surface area contributed by atoms with Crippen molar-refractivity contribution >= 4 is 45.1 Å². The van der Waals surface area contributed by atoms with Gasteiger partial charge in [0.05, 0.1) is 9.85 Å². The minimum absolute atomic E-state index is 0.0815. The van der Waals surface area contributed by atoms with E-state index in [1.165, 1.54) is 0 Å². The molecule has 1 nitrogen and oxygen atoms in total. The van der Waals surface area contributed by atoms with Gasteiger partial charge in [-0.05, 0) is 30.9 Å². The first-order valence-electron chi connectivity index (χ1n) is 4.04. The van der Waals surface area contributed by atoms with Crippen LogP contribution in [0.5, 0.6) is 0 Å². The Morgan fingerprint density at radius 1 is 1.57 bits per heavy atom. The van der Waals surface area contributed by atoms with Crippen LogP contribution in [-0.4, -0.2) is 12.0 Å². The van der Waals surface area contributed by atoms with Crippen molar-refractivity contribution in [2.24, 2.45) is 0 Å². The van der Waals surface area contributed by atoms with Gasteiger partial charge < -0.3 is 0 Å². The fourth-order valence-corrected chi connectivity index (χ4v) is 2.24. The number of rotatable bonds is 3. The van der Waals surface area contributed by atoms with Crippen molar-refractivity contribution < 1.29 is 4.79 Å². The highest BCUT2D eigenvalue weighted by Crippen LogP contribution is 2.31. The molecule has 0 radical (unpaired) electrons. The van der Waals surface area contributed by atoms with Gasteiger partial charge in [0.1, 0.15) is 5.78 Å². The monoisotopic (exact) mass is 292 g/mol. The second kappa shape index (κ2) is 5.19. The molecule has 0 saturated carbocycles. The highest BCUT2D eigenvalue weighted by atomic mass is 79.9. The van der Waals surface area contributed by atoms with Crippen molar-refractivity contribution in [1.29, 1.82) is 0 Å². The number of ketones is 1. The second-order valence-electron chi connectivity index (χ2n) is 2.87. The minimum Gasteiger partial charge on any atom is -0.298 e. The van der Waals surface area contributed by atoms with Gasteiger partial charge in [-0.2, -0.15) is 0 Å². The Hall–Kier alpha value is 0.01000. The van der Waals surface area contributed by atoms with Crippen LogP contribution in [0.4, 0.5) is 0 Å². The van der Waals surface area contributed by atoms with Crippen LogP contribution < -0.4 is 0 Å². The summed E-state index contributed by atoms with van der Waals surface area (Å²) in [4.78, 5) is 11.9. The zero-order valence-electron chi connectivity index (χ0n) is 7.88. The van der Waals surface area contributed by atoms with Crippen LogP contribution in [0.2, 0.25) is 5.02 Å². The Morgan fingerprint density at radius 2 is 2.21 bits per heavy atom. The van der Waals surface area contributed by atoms with E-state index in [2.05, 4.69) is 15.9 Å². The normalized spacial score (nSPS) is 12.6. The van der Waals surface area contributed by atoms with Crippen LogP contribution in [0, 0.1) is 0 Å². The average Bonchev–Trinajstić information content (AvgIpc) is 2.16. The third-order valence-corrected chi connectivity index (χ3v) is 4.22. The number of carbonyl (C=O) groups is 1. The molecule has 1 aromatic carbocycles. The van der Waals surface area contributed by atoms with Gasteiger partial charge in [0, 0.05) is 4.90 Å². The molecule has 0 fully saturated rings. The molecule has 0 aliphatic rings. The summed E-state index contributed by atoms with van der Waals surface area (Å²) in [5.74, 6) is 0.0815. The molecule has 1 unspecified atom stereocenters. The van der Waals surface area contributed by atoms with E-state index in [0.717, 1.165) is 10.5 Å². The number of benzene rings is 1. The van der Waals surface area contributed by atoms with Gasteiger partial charge in [0.25, 0.3) is 0 Å². The van der Waals surface area contributed by atoms with E-state index in [1.54, 1.807) is 18.7 Å². The van der Waals surface area contributed by atoms with Crippen molar-refractivity contribution in [2.75, 3.05) is 6.26 Å². The average molecular weight is 294 g/mol. The van der Waals surface area contributed by atoms with E-state index in [-0.39, 0.29) is 10.6 Å². The zero-order chi connectivity index (χ0) is 10.7. The quantitative estimate of drug-likeness (QED) is 0.617. The Kier molecular flexibility index (Phi) is 4.48. The van der Waals surface area contributed by atoms with Crippen molar-refractivity contribution in [3.05, 3.63) is 28.8 Å². The van der Waals surface area contributed by atoms with Crippen LogP contribution in [0.1, 0.15) is 17.3 Å². The first kappa shape index (κ1) is 12.1. The third kappa shape index (κ3) is 2.75. The lowest BCUT2D eigenvalue weighted by Gasteiger charge is -2.08. The van der Waals surface area contributed by atoms with E-state index in [1.807, 2.05) is 24.5 Å². The maximum Gasteiger partial charge on any atom is 0.147 e. The summed E-state index contributed by atoms with van der Waals surface area (Å²) < 4.78 is 0.